The van der Waals surface area contributed by atoms with Gasteiger partial charge in [0.05, 0.1) is 29.2 Å². The van der Waals surface area contributed by atoms with Crippen LogP contribution in [0.1, 0.15) is 33.1 Å². The van der Waals surface area contributed by atoms with E-state index in [1.807, 2.05) is 56.3 Å². The first-order chi connectivity index (χ1) is 19.3. The average Bonchev–Trinajstić information content (AvgIpc) is 3.62. The molecule has 0 radical (unpaired) electrons. The number of esters is 1. The molecule has 2 amide bonds. The minimum Gasteiger partial charge on any atom is -0.461 e. The third kappa shape index (κ3) is 4.45. The molecule has 7 atom stereocenters. The van der Waals surface area contributed by atoms with Crippen molar-refractivity contribution in [2.24, 2.45) is 17.8 Å². The second kappa shape index (κ2) is 11.4. The first kappa shape index (κ1) is 28.4. The Labute approximate surface area is 240 Å². The number of carbonyl (C=O) groups is 3. The van der Waals surface area contributed by atoms with Crippen LogP contribution in [0, 0.1) is 17.8 Å². The zero-order chi connectivity index (χ0) is 28.6. The number of aliphatic hydroxyl groups excluding tert-OH is 1. The van der Waals surface area contributed by atoms with E-state index in [0.29, 0.717) is 6.42 Å². The summed E-state index contributed by atoms with van der Waals surface area (Å²) in [5, 5.41) is 12.5. The first-order valence-corrected chi connectivity index (χ1v) is 15.0. The average molecular weight is 563 g/mol. The largest absolute Gasteiger partial charge is 0.461 e. The van der Waals surface area contributed by atoms with Crippen LogP contribution < -0.4 is 4.90 Å². The van der Waals surface area contributed by atoms with E-state index in [4.69, 9.17) is 4.74 Å². The number of benzene rings is 2. The van der Waals surface area contributed by atoms with Crippen LogP contribution in [-0.4, -0.2) is 69.6 Å². The highest BCUT2D eigenvalue weighted by atomic mass is 32.2. The Balaban J connectivity index is 1.61. The van der Waals surface area contributed by atoms with Crippen molar-refractivity contribution in [2.45, 2.75) is 55.2 Å². The second-order valence-electron chi connectivity index (χ2n) is 11.1. The van der Waals surface area contributed by atoms with Crippen molar-refractivity contribution in [2.75, 3.05) is 24.7 Å². The smallest absolute Gasteiger partial charge is 0.311 e. The minimum atomic E-state index is -0.824. The number of nitrogens with zero attached hydrogens (tertiary/aromatic N) is 2. The number of hydrogen-bond donors (Lipinski definition) is 1. The van der Waals surface area contributed by atoms with E-state index in [0.717, 1.165) is 29.3 Å². The van der Waals surface area contributed by atoms with Gasteiger partial charge in [-0.15, -0.1) is 18.3 Å². The third-order valence-electron chi connectivity index (χ3n) is 9.06. The summed E-state index contributed by atoms with van der Waals surface area (Å²) in [6.07, 6.45) is 5.32. The molecule has 2 aromatic rings. The van der Waals surface area contributed by atoms with Gasteiger partial charge in [-0.3, -0.25) is 14.4 Å². The highest BCUT2D eigenvalue weighted by molar-refractivity contribution is 8.02. The summed E-state index contributed by atoms with van der Waals surface area (Å²) in [5.74, 6) is -2.20. The van der Waals surface area contributed by atoms with Gasteiger partial charge in [-0.05, 0) is 41.7 Å². The molecular weight excluding hydrogens is 524 g/mol. The predicted octanol–water partition coefficient (Wildman–Crippen LogP) is 4.59. The fourth-order valence-corrected chi connectivity index (χ4v) is 9.18. The van der Waals surface area contributed by atoms with Gasteiger partial charge >= 0.3 is 5.97 Å². The maximum Gasteiger partial charge on any atom is 0.311 e. The van der Waals surface area contributed by atoms with Crippen LogP contribution in [0.5, 0.6) is 0 Å². The molecule has 0 saturated carbocycles. The summed E-state index contributed by atoms with van der Waals surface area (Å²) < 4.78 is 4.69. The molecule has 5 rings (SSSR count). The van der Waals surface area contributed by atoms with Gasteiger partial charge in [0.15, 0.2) is 0 Å². The van der Waals surface area contributed by atoms with Gasteiger partial charge in [0.25, 0.3) is 5.91 Å². The Kier molecular flexibility index (Phi) is 8.11. The number of aliphatic hydroxyl groups is 1. The quantitative estimate of drug-likeness (QED) is 0.319. The summed E-state index contributed by atoms with van der Waals surface area (Å²) in [6.45, 7) is 11.6. The van der Waals surface area contributed by atoms with Gasteiger partial charge in [0.2, 0.25) is 5.91 Å². The van der Waals surface area contributed by atoms with E-state index in [1.165, 1.54) is 6.08 Å². The molecule has 8 heteroatoms. The van der Waals surface area contributed by atoms with E-state index in [2.05, 4.69) is 13.2 Å². The molecule has 3 fully saturated rings. The standard InChI is InChI=1S/C32H38N2O5S/c1-5-16-33(23-13-12-21-10-8-9-11-22(21)18-23)30(37)28-32-15-14-25(40-32)26(31(38)39-17-6-2)27(32)29(36)34(28)24(19-35)20(4)7-3/h5-6,8-13,18,20,24-28,35H,1-2,7,14-17,19H2,3-4H3/t20-,24-,25-,26+,27-,28?,32?/m0/s1. The lowest BCUT2D eigenvalue weighted by Crippen LogP contribution is -2.58. The minimum absolute atomic E-state index is 0.0404. The molecular formula is C32H38N2O5S. The lowest BCUT2D eigenvalue weighted by atomic mass is 9.71. The molecule has 212 valence electrons. The van der Waals surface area contributed by atoms with Crippen molar-refractivity contribution in [3.8, 4) is 0 Å². The summed E-state index contributed by atoms with van der Waals surface area (Å²) in [6, 6.07) is 12.5. The first-order valence-electron chi connectivity index (χ1n) is 14.1. The Hall–Kier alpha value is -3.10. The van der Waals surface area contributed by atoms with Gasteiger partial charge in [-0.1, -0.05) is 69.3 Å². The van der Waals surface area contributed by atoms with Gasteiger partial charge in [0.1, 0.15) is 12.6 Å². The van der Waals surface area contributed by atoms with Crippen molar-refractivity contribution < 1.29 is 24.2 Å². The number of amides is 2. The Morgan fingerprint density at radius 3 is 2.65 bits per heavy atom. The number of rotatable bonds is 11. The van der Waals surface area contributed by atoms with Crippen molar-refractivity contribution in [1.82, 2.24) is 4.90 Å². The van der Waals surface area contributed by atoms with Crippen molar-refractivity contribution >= 4 is 46.0 Å². The molecule has 2 aromatic carbocycles. The summed E-state index contributed by atoms with van der Waals surface area (Å²) in [7, 11) is 0. The van der Waals surface area contributed by atoms with Crippen LogP contribution in [0.3, 0.4) is 0 Å². The zero-order valence-corrected chi connectivity index (χ0v) is 24.0. The van der Waals surface area contributed by atoms with E-state index in [9.17, 15) is 19.5 Å². The SMILES string of the molecule is C=CCOC(=O)[C@@H]1[C@@H]2CCC3(S2)C(C(=O)N(CC=C)c2ccc4ccccc4c2)N([C@@H](CO)[C@@H](C)CC)C(=O)[C@H]13. The number of carbonyl (C=O) groups excluding carboxylic acids is 3. The van der Waals surface area contributed by atoms with E-state index in [-0.39, 0.29) is 42.7 Å². The van der Waals surface area contributed by atoms with Gasteiger partial charge < -0.3 is 19.6 Å². The number of likely N-dealkylation sites (tertiary alicyclic amines) is 1. The maximum atomic E-state index is 14.8. The lowest BCUT2D eigenvalue weighted by Gasteiger charge is -2.41. The highest BCUT2D eigenvalue weighted by Gasteiger charge is 2.75. The van der Waals surface area contributed by atoms with Crippen LogP contribution in [0.4, 0.5) is 5.69 Å². The molecule has 1 spiro atoms. The van der Waals surface area contributed by atoms with Crippen LogP contribution in [-0.2, 0) is 19.1 Å². The van der Waals surface area contributed by atoms with Crippen LogP contribution in [0.15, 0.2) is 67.8 Å². The van der Waals surface area contributed by atoms with Gasteiger partial charge in [-0.25, -0.2) is 0 Å². The molecule has 3 aliphatic rings. The Bertz CT molecular complexity index is 1330. The second-order valence-corrected chi connectivity index (χ2v) is 12.7. The molecule has 2 unspecified atom stereocenters. The highest BCUT2D eigenvalue weighted by Crippen LogP contribution is 2.67. The van der Waals surface area contributed by atoms with Gasteiger partial charge in [-0.2, -0.15) is 0 Å². The van der Waals surface area contributed by atoms with Crippen molar-refractivity contribution in [1.29, 1.82) is 0 Å². The molecule has 0 aromatic heterocycles. The molecule has 3 saturated heterocycles. The number of thioether (sulfide) groups is 1. The lowest BCUT2D eigenvalue weighted by molar-refractivity contribution is -0.153. The van der Waals surface area contributed by atoms with Crippen molar-refractivity contribution in [3.63, 3.8) is 0 Å². The molecule has 1 N–H and O–H groups in total. The normalized spacial score (nSPS) is 28.3. The molecule has 0 aliphatic carbocycles. The molecule has 3 heterocycles. The fourth-order valence-electron chi connectivity index (χ4n) is 6.99. The number of fused-ring (bicyclic) bond motifs is 2. The summed E-state index contributed by atoms with van der Waals surface area (Å²) >= 11 is 1.60. The van der Waals surface area contributed by atoms with Gasteiger partial charge in [0, 0.05) is 17.5 Å². The Morgan fingerprint density at radius 1 is 1.23 bits per heavy atom. The monoisotopic (exact) mass is 562 g/mol. The van der Waals surface area contributed by atoms with E-state index in [1.54, 1.807) is 27.6 Å². The molecule has 3 aliphatic heterocycles. The number of ether oxygens (including phenoxy) is 1. The summed E-state index contributed by atoms with van der Waals surface area (Å²) in [5.41, 5.74) is 0.722. The van der Waals surface area contributed by atoms with Crippen LogP contribution in [0.25, 0.3) is 10.8 Å². The zero-order valence-electron chi connectivity index (χ0n) is 23.2. The van der Waals surface area contributed by atoms with E-state index < -0.39 is 34.6 Å². The van der Waals surface area contributed by atoms with Crippen LogP contribution >= 0.6 is 11.8 Å². The molecule has 2 bridgehead atoms. The summed E-state index contributed by atoms with van der Waals surface area (Å²) in [4.78, 5) is 45.8. The Morgan fingerprint density at radius 2 is 1.98 bits per heavy atom. The number of anilines is 1. The predicted molar refractivity (Wildman–Crippen MR) is 159 cm³/mol. The maximum absolute atomic E-state index is 14.8. The molecule has 40 heavy (non-hydrogen) atoms. The third-order valence-corrected chi connectivity index (χ3v) is 11.0. The number of hydrogen-bond acceptors (Lipinski definition) is 6. The van der Waals surface area contributed by atoms with Crippen LogP contribution in [0.2, 0.25) is 0 Å². The van der Waals surface area contributed by atoms with Crippen molar-refractivity contribution in [3.05, 3.63) is 67.8 Å². The fraction of sp³-hybridized carbons (Fsp3) is 0.469. The van der Waals surface area contributed by atoms with E-state index >= 15 is 0 Å². The topological polar surface area (TPSA) is 87.2 Å². The molecule has 7 nitrogen and oxygen atoms in total.